The number of hydrogen-bond acceptors (Lipinski definition) is 5. The quantitative estimate of drug-likeness (QED) is 0.252. The zero-order valence-corrected chi connectivity index (χ0v) is 24.4. The minimum atomic E-state index is -4.13. The number of fused-ring (bicyclic) bond motifs is 2. The second-order valence-corrected chi connectivity index (χ2v) is 15.0. The molecule has 0 aliphatic heterocycles. The van der Waals surface area contributed by atoms with Gasteiger partial charge in [0.25, 0.3) is 20.2 Å². The van der Waals surface area contributed by atoms with E-state index in [1.54, 1.807) is 11.3 Å². The SMILES string of the molecule is Cc1ccc(-c2ccc(C3=CC4=C(C3)c3sc(C)cc3C4(CCCS(=O)(=O)O)CCCS(=O)(=O)O)cc2)cc1. The van der Waals surface area contributed by atoms with E-state index in [1.807, 2.05) is 6.92 Å². The molecule has 39 heavy (non-hydrogen) atoms. The number of allylic oxidation sites excluding steroid dienone is 4. The second-order valence-electron chi connectivity index (χ2n) is 10.6. The number of thiophene rings is 1. The first kappa shape index (κ1) is 28.0. The van der Waals surface area contributed by atoms with E-state index in [1.165, 1.54) is 21.6 Å². The molecular formula is C30H32O6S3. The third-order valence-electron chi connectivity index (χ3n) is 7.82. The lowest BCUT2D eigenvalue weighted by molar-refractivity contribution is 0.421. The molecule has 5 rings (SSSR count). The Balaban J connectivity index is 1.49. The van der Waals surface area contributed by atoms with Crippen LogP contribution in [0.1, 0.15) is 58.5 Å². The van der Waals surface area contributed by atoms with Gasteiger partial charge in [-0.1, -0.05) is 60.2 Å². The molecule has 2 N–H and O–H groups in total. The van der Waals surface area contributed by atoms with Gasteiger partial charge in [-0.25, -0.2) is 0 Å². The Bertz CT molecular complexity index is 1640. The van der Waals surface area contributed by atoms with Crippen molar-refractivity contribution >= 4 is 42.7 Å². The van der Waals surface area contributed by atoms with Crippen LogP contribution in [-0.2, 0) is 25.7 Å². The molecule has 0 atom stereocenters. The summed E-state index contributed by atoms with van der Waals surface area (Å²) in [7, 11) is -8.26. The fraction of sp³-hybridized carbons (Fsp3) is 0.333. The Labute approximate surface area is 234 Å². The molecule has 1 heterocycles. The van der Waals surface area contributed by atoms with Gasteiger partial charge < -0.3 is 0 Å². The maximum atomic E-state index is 11.5. The van der Waals surface area contributed by atoms with Crippen molar-refractivity contribution < 1.29 is 25.9 Å². The molecule has 9 heteroatoms. The molecule has 1 aromatic heterocycles. The van der Waals surface area contributed by atoms with Crippen molar-refractivity contribution in [1.29, 1.82) is 0 Å². The summed E-state index contributed by atoms with van der Waals surface area (Å²) in [5.74, 6) is -0.712. The fourth-order valence-electron chi connectivity index (χ4n) is 6.05. The highest BCUT2D eigenvalue weighted by molar-refractivity contribution is 7.86. The van der Waals surface area contributed by atoms with Crippen LogP contribution < -0.4 is 0 Å². The molecule has 206 valence electrons. The number of aryl methyl sites for hydroxylation is 2. The van der Waals surface area contributed by atoms with Crippen LogP contribution in [0.15, 0.2) is 66.2 Å². The van der Waals surface area contributed by atoms with Gasteiger partial charge in [0.05, 0.1) is 11.5 Å². The van der Waals surface area contributed by atoms with Gasteiger partial charge in [-0.2, -0.15) is 16.8 Å². The first-order chi connectivity index (χ1) is 18.3. The van der Waals surface area contributed by atoms with E-state index < -0.39 is 25.7 Å². The molecular weight excluding hydrogens is 553 g/mol. The highest BCUT2D eigenvalue weighted by Gasteiger charge is 2.46. The Hall–Kier alpha value is -2.56. The van der Waals surface area contributed by atoms with Crippen molar-refractivity contribution in [3.8, 4) is 11.1 Å². The van der Waals surface area contributed by atoms with Gasteiger partial charge in [0.1, 0.15) is 0 Å². The second kappa shape index (κ2) is 10.4. The standard InChI is InChI=1S/C30H32O6S3/c1-20-5-7-22(8-6-20)23-9-11-24(12-10-23)25-18-26-27(19-25)30(13-3-15-38(31,32)33,14-4-16-39(34,35)36)28-17-21(2)37-29(26)28/h5-12,17,19H,3-4,13-16,18H2,1-2H3,(H,31,32,33)(H,34,35,36). The van der Waals surface area contributed by atoms with E-state index in [2.05, 4.69) is 67.6 Å². The minimum Gasteiger partial charge on any atom is -0.286 e. The molecule has 0 unspecified atom stereocenters. The van der Waals surface area contributed by atoms with Gasteiger partial charge in [0.15, 0.2) is 0 Å². The molecule has 0 bridgehead atoms. The summed E-state index contributed by atoms with van der Waals surface area (Å²) in [5, 5.41) is 0. The summed E-state index contributed by atoms with van der Waals surface area (Å²) in [6.45, 7) is 4.11. The van der Waals surface area contributed by atoms with Gasteiger partial charge in [-0.3, -0.25) is 9.11 Å². The van der Waals surface area contributed by atoms with Crippen molar-refractivity contribution in [3.63, 3.8) is 0 Å². The van der Waals surface area contributed by atoms with Gasteiger partial charge in [0.2, 0.25) is 0 Å². The van der Waals surface area contributed by atoms with Crippen molar-refractivity contribution in [2.75, 3.05) is 11.5 Å². The van der Waals surface area contributed by atoms with E-state index in [9.17, 15) is 25.9 Å². The topological polar surface area (TPSA) is 109 Å². The van der Waals surface area contributed by atoms with E-state index in [0.29, 0.717) is 12.8 Å². The molecule has 2 aromatic carbocycles. The van der Waals surface area contributed by atoms with Crippen LogP contribution in [0, 0.1) is 13.8 Å². The van der Waals surface area contributed by atoms with Crippen LogP contribution in [0.25, 0.3) is 22.3 Å². The van der Waals surface area contributed by atoms with Crippen molar-refractivity contribution in [2.24, 2.45) is 0 Å². The molecule has 3 aromatic rings. The van der Waals surface area contributed by atoms with Crippen LogP contribution in [0.5, 0.6) is 0 Å². The lowest BCUT2D eigenvalue weighted by atomic mass is 9.71. The Morgan fingerprint density at radius 3 is 1.85 bits per heavy atom. The maximum absolute atomic E-state index is 11.5. The summed E-state index contributed by atoms with van der Waals surface area (Å²) in [6, 6.07) is 19.1. The van der Waals surface area contributed by atoms with Crippen LogP contribution in [-0.4, -0.2) is 37.4 Å². The number of hydrogen-bond donors (Lipinski definition) is 2. The fourth-order valence-corrected chi connectivity index (χ4v) is 8.24. The van der Waals surface area contributed by atoms with E-state index in [0.717, 1.165) is 39.1 Å². The van der Waals surface area contributed by atoms with E-state index >= 15 is 0 Å². The van der Waals surface area contributed by atoms with Crippen LogP contribution in [0.4, 0.5) is 0 Å². The zero-order chi connectivity index (χ0) is 28.0. The van der Waals surface area contributed by atoms with E-state index in [4.69, 9.17) is 0 Å². The molecule has 2 aliphatic rings. The average Bonchev–Trinajstić information content (AvgIpc) is 3.51. The molecule has 0 spiro atoms. The van der Waals surface area contributed by atoms with Crippen molar-refractivity contribution in [2.45, 2.75) is 51.4 Å². The summed E-state index contributed by atoms with van der Waals surface area (Å²) >= 11 is 1.71. The lowest BCUT2D eigenvalue weighted by Gasteiger charge is -2.32. The normalized spacial score (nSPS) is 16.4. The number of rotatable bonds is 10. The third-order valence-corrected chi connectivity index (χ3v) is 10.5. The summed E-state index contributed by atoms with van der Waals surface area (Å²) in [5.41, 5.74) is 8.63. The number of benzene rings is 2. The van der Waals surface area contributed by atoms with Gasteiger partial charge in [-0.15, -0.1) is 11.3 Å². The molecule has 0 saturated carbocycles. The third kappa shape index (κ3) is 5.98. The Morgan fingerprint density at radius 1 is 0.795 bits per heavy atom. The van der Waals surface area contributed by atoms with Crippen molar-refractivity contribution in [1.82, 2.24) is 0 Å². The first-order valence-electron chi connectivity index (χ1n) is 13.0. The molecule has 2 aliphatic carbocycles. The largest absolute Gasteiger partial charge is 0.286 e. The molecule has 0 radical (unpaired) electrons. The average molecular weight is 585 g/mol. The van der Waals surface area contributed by atoms with Gasteiger partial charge in [-0.05, 0) is 91.0 Å². The van der Waals surface area contributed by atoms with Gasteiger partial charge >= 0.3 is 0 Å². The van der Waals surface area contributed by atoms with Crippen LogP contribution in [0.2, 0.25) is 0 Å². The lowest BCUT2D eigenvalue weighted by Crippen LogP contribution is -2.27. The van der Waals surface area contributed by atoms with Crippen LogP contribution >= 0.6 is 11.3 Å². The summed E-state index contributed by atoms with van der Waals surface area (Å²) < 4.78 is 64.9. The van der Waals surface area contributed by atoms with Crippen molar-refractivity contribution in [3.05, 3.63) is 92.7 Å². The van der Waals surface area contributed by atoms with E-state index in [-0.39, 0.29) is 24.3 Å². The predicted octanol–water partition coefficient (Wildman–Crippen LogP) is 6.86. The zero-order valence-electron chi connectivity index (χ0n) is 22.0. The molecule has 0 saturated heterocycles. The summed E-state index contributed by atoms with van der Waals surface area (Å²) in [4.78, 5) is 2.31. The summed E-state index contributed by atoms with van der Waals surface area (Å²) in [6.07, 6.45) is 4.32. The smallest absolute Gasteiger partial charge is 0.264 e. The monoisotopic (exact) mass is 584 g/mol. The molecule has 6 nitrogen and oxygen atoms in total. The predicted molar refractivity (Wildman–Crippen MR) is 158 cm³/mol. The first-order valence-corrected chi connectivity index (χ1v) is 17.0. The minimum absolute atomic E-state index is 0.240. The molecule has 0 amide bonds. The Morgan fingerprint density at radius 2 is 1.31 bits per heavy atom. The Kier molecular flexibility index (Phi) is 7.50. The maximum Gasteiger partial charge on any atom is 0.264 e. The molecule has 0 fully saturated rings. The highest BCUT2D eigenvalue weighted by atomic mass is 32.2. The van der Waals surface area contributed by atoms with Gasteiger partial charge in [0, 0.05) is 15.2 Å². The highest BCUT2D eigenvalue weighted by Crippen LogP contribution is 2.60. The van der Waals surface area contributed by atoms with Crippen LogP contribution in [0.3, 0.4) is 0 Å².